The minimum Gasteiger partial charge on any atom is -0.406 e. The third-order valence-corrected chi connectivity index (χ3v) is 5.29. The van der Waals surface area contributed by atoms with E-state index in [1.807, 2.05) is 0 Å². The molecule has 0 spiro atoms. The molecule has 1 aromatic carbocycles. The van der Waals surface area contributed by atoms with Gasteiger partial charge >= 0.3 is 12.5 Å². The van der Waals surface area contributed by atoms with Crippen molar-refractivity contribution in [1.82, 2.24) is 9.97 Å². The number of hydrogen-bond acceptors (Lipinski definition) is 5. The summed E-state index contributed by atoms with van der Waals surface area (Å²) in [4.78, 5) is 33.5. The number of aromatic nitrogens is 2. The van der Waals surface area contributed by atoms with E-state index in [0.29, 0.717) is 23.0 Å². The number of ether oxygens (including phenoxy) is 1. The summed E-state index contributed by atoms with van der Waals surface area (Å²) in [6.07, 6.45) is -8.83. The monoisotopic (exact) mass is 498 g/mol. The maximum absolute atomic E-state index is 13.3. The summed E-state index contributed by atoms with van der Waals surface area (Å²) in [5.41, 5.74) is -0.863. The molecule has 0 unspecified atom stereocenters. The van der Waals surface area contributed by atoms with Gasteiger partial charge < -0.3 is 14.6 Å². The van der Waals surface area contributed by atoms with Gasteiger partial charge in [0.2, 0.25) is 5.56 Å². The molecule has 4 rings (SSSR count). The molecule has 0 atom stereocenters. The fraction of sp³-hybridized carbons (Fsp3) is 0.227. The van der Waals surface area contributed by atoms with Crippen molar-refractivity contribution in [2.24, 2.45) is 0 Å². The smallest absolute Gasteiger partial charge is 0.406 e. The van der Waals surface area contributed by atoms with E-state index in [4.69, 9.17) is 0 Å². The van der Waals surface area contributed by atoms with Crippen LogP contribution >= 0.6 is 0 Å². The van der Waals surface area contributed by atoms with Crippen molar-refractivity contribution < 1.29 is 35.9 Å². The van der Waals surface area contributed by atoms with Gasteiger partial charge in [0.25, 0.3) is 5.91 Å². The molecule has 13 heteroatoms. The molecule has 0 fully saturated rings. The molecule has 2 aromatic heterocycles. The van der Waals surface area contributed by atoms with E-state index in [-0.39, 0.29) is 23.6 Å². The summed E-state index contributed by atoms with van der Waals surface area (Å²) in [6, 6.07) is 6.61. The number of nitrogens with zero attached hydrogens (tertiary/aromatic N) is 3. The first-order valence-corrected chi connectivity index (χ1v) is 9.97. The summed E-state index contributed by atoms with van der Waals surface area (Å²) in [7, 11) is 0. The van der Waals surface area contributed by atoms with Crippen molar-refractivity contribution in [3.05, 3.63) is 75.5 Å². The van der Waals surface area contributed by atoms with Gasteiger partial charge in [0.1, 0.15) is 18.1 Å². The number of halogens is 6. The quantitative estimate of drug-likeness (QED) is 0.511. The third-order valence-electron chi connectivity index (χ3n) is 5.29. The summed E-state index contributed by atoms with van der Waals surface area (Å²) in [5, 5.41) is 0. The molecule has 1 aliphatic rings. The second kappa shape index (κ2) is 8.32. The molecule has 7 nitrogen and oxygen atoms in total. The number of H-pyrrole nitrogens is 1. The fourth-order valence-electron chi connectivity index (χ4n) is 3.80. The zero-order chi connectivity index (χ0) is 25.7. The minimum atomic E-state index is -4.91. The molecule has 3 aromatic rings. The number of aromatic amines is 1. The number of pyridine rings is 2. The van der Waals surface area contributed by atoms with Crippen LogP contribution in [0.25, 0.3) is 0 Å². The highest BCUT2D eigenvalue weighted by atomic mass is 19.4. The molecule has 35 heavy (non-hydrogen) atoms. The fourth-order valence-corrected chi connectivity index (χ4v) is 3.80. The summed E-state index contributed by atoms with van der Waals surface area (Å²) >= 11 is 0. The number of anilines is 3. The molecule has 0 saturated carbocycles. The number of aryl methyl sites for hydroxylation is 2. The number of alkyl halides is 6. The number of rotatable bonds is 3. The number of amides is 1. The highest BCUT2D eigenvalue weighted by molar-refractivity contribution is 6.12. The van der Waals surface area contributed by atoms with E-state index in [0.717, 1.165) is 29.3 Å². The molecule has 1 amide bonds. The first kappa shape index (κ1) is 24.1. The maximum Gasteiger partial charge on any atom is 0.573 e. The van der Waals surface area contributed by atoms with Crippen molar-refractivity contribution in [2.45, 2.75) is 26.4 Å². The van der Waals surface area contributed by atoms with Gasteiger partial charge in [-0.2, -0.15) is 13.2 Å². The van der Waals surface area contributed by atoms with Gasteiger partial charge in [-0.3, -0.25) is 14.5 Å². The van der Waals surface area contributed by atoms with E-state index in [1.54, 1.807) is 0 Å². The van der Waals surface area contributed by atoms with Crippen LogP contribution in [0.15, 0.2) is 47.4 Å². The predicted octanol–water partition coefficient (Wildman–Crippen LogP) is 5.06. The van der Waals surface area contributed by atoms with Crippen LogP contribution in [0.1, 0.15) is 27.3 Å². The summed E-state index contributed by atoms with van der Waals surface area (Å²) in [5.74, 6) is -1.25. The number of hydrogen-bond donors (Lipinski definition) is 1. The zero-order valence-corrected chi connectivity index (χ0v) is 18.1. The van der Waals surface area contributed by atoms with Gasteiger partial charge in [0.05, 0.1) is 23.1 Å². The molecular formula is C22H16F6N4O3. The average Bonchev–Trinajstić information content (AvgIpc) is 2.73. The molecule has 1 aliphatic heterocycles. The topological polar surface area (TPSA) is 78.5 Å². The van der Waals surface area contributed by atoms with Crippen molar-refractivity contribution in [1.29, 1.82) is 0 Å². The largest absolute Gasteiger partial charge is 0.573 e. The van der Waals surface area contributed by atoms with Crippen LogP contribution in [0.4, 0.5) is 43.4 Å². The molecule has 1 N–H and O–H groups in total. The summed E-state index contributed by atoms with van der Waals surface area (Å²) in [6.45, 7) is 2.79. The zero-order valence-electron chi connectivity index (χ0n) is 18.1. The SMILES string of the molecule is Cc1cc(OC(F)(F)F)ccc1N1CN(c2ccc(=O)[nH]c2C)C(=O)c2cc(C(F)(F)F)ncc21. The van der Waals surface area contributed by atoms with E-state index < -0.39 is 35.4 Å². The Balaban J connectivity index is 1.86. The normalized spacial score (nSPS) is 14.2. The van der Waals surface area contributed by atoms with E-state index in [9.17, 15) is 35.9 Å². The Morgan fingerprint density at radius 2 is 1.60 bits per heavy atom. The Morgan fingerprint density at radius 3 is 2.20 bits per heavy atom. The van der Waals surface area contributed by atoms with E-state index >= 15 is 0 Å². The van der Waals surface area contributed by atoms with Crippen LogP contribution in [-0.2, 0) is 6.18 Å². The van der Waals surface area contributed by atoms with Crippen LogP contribution in [0, 0.1) is 13.8 Å². The number of carbonyl (C=O) groups is 1. The highest BCUT2D eigenvalue weighted by Gasteiger charge is 2.38. The van der Waals surface area contributed by atoms with Crippen LogP contribution < -0.4 is 20.1 Å². The highest BCUT2D eigenvalue weighted by Crippen LogP contribution is 2.40. The Labute approximate surface area is 193 Å². The Morgan fingerprint density at radius 1 is 0.914 bits per heavy atom. The lowest BCUT2D eigenvalue weighted by Crippen LogP contribution is -2.46. The molecular weight excluding hydrogens is 482 g/mol. The predicted molar refractivity (Wildman–Crippen MR) is 113 cm³/mol. The average molecular weight is 498 g/mol. The van der Waals surface area contributed by atoms with Crippen LogP contribution in [0.2, 0.25) is 0 Å². The lowest BCUT2D eigenvalue weighted by Gasteiger charge is -2.39. The number of carbonyl (C=O) groups excluding carboxylic acids is 1. The minimum absolute atomic E-state index is 0.0360. The number of nitrogens with one attached hydrogen (secondary N) is 1. The van der Waals surface area contributed by atoms with E-state index in [1.165, 1.54) is 30.9 Å². The number of benzene rings is 1. The maximum atomic E-state index is 13.3. The first-order chi connectivity index (χ1) is 16.2. The lowest BCUT2D eigenvalue weighted by atomic mass is 10.1. The summed E-state index contributed by atoms with van der Waals surface area (Å²) < 4.78 is 81.7. The van der Waals surface area contributed by atoms with Crippen LogP contribution in [-0.4, -0.2) is 28.9 Å². The van der Waals surface area contributed by atoms with Gasteiger partial charge in [0, 0.05) is 17.4 Å². The van der Waals surface area contributed by atoms with Gasteiger partial charge in [-0.05, 0) is 49.7 Å². The Kier molecular flexibility index (Phi) is 5.73. The molecule has 0 saturated heterocycles. The standard InChI is InChI=1S/C22H16F6N4O3/c1-11-7-13(35-22(26,27)28)3-4-15(11)31-10-32(16-5-6-19(33)30-12(16)2)20(34)14-8-18(21(23,24)25)29-9-17(14)31/h3-9H,10H2,1-2H3,(H,30,33). The lowest BCUT2D eigenvalue weighted by molar-refractivity contribution is -0.274. The molecule has 0 radical (unpaired) electrons. The third kappa shape index (κ3) is 4.79. The Bertz CT molecular complexity index is 1370. The first-order valence-electron chi connectivity index (χ1n) is 9.97. The van der Waals surface area contributed by atoms with Gasteiger partial charge in [-0.25, -0.2) is 4.98 Å². The second-order valence-corrected chi connectivity index (χ2v) is 7.72. The van der Waals surface area contributed by atoms with Gasteiger partial charge in [-0.15, -0.1) is 13.2 Å². The Hall–Kier alpha value is -4.03. The second-order valence-electron chi connectivity index (χ2n) is 7.72. The number of fused-ring (bicyclic) bond motifs is 1. The van der Waals surface area contributed by atoms with Crippen molar-refractivity contribution in [3.63, 3.8) is 0 Å². The molecule has 184 valence electrons. The van der Waals surface area contributed by atoms with Gasteiger partial charge in [0.15, 0.2) is 0 Å². The van der Waals surface area contributed by atoms with Crippen LogP contribution in [0.3, 0.4) is 0 Å². The molecule has 3 heterocycles. The van der Waals surface area contributed by atoms with Crippen LogP contribution in [0.5, 0.6) is 5.75 Å². The van der Waals surface area contributed by atoms with Crippen molar-refractivity contribution in [3.8, 4) is 5.75 Å². The van der Waals surface area contributed by atoms with Gasteiger partial charge in [-0.1, -0.05) is 0 Å². The van der Waals surface area contributed by atoms with Crippen molar-refractivity contribution in [2.75, 3.05) is 16.5 Å². The molecule has 0 aliphatic carbocycles. The van der Waals surface area contributed by atoms with E-state index in [2.05, 4.69) is 14.7 Å². The molecule has 0 bridgehead atoms. The van der Waals surface area contributed by atoms with Crippen molar-refractivity contribution >= 4 is 23.0 Å².